The number of ether oxygens (including phenoxy) is 1. The van der Waals surface area contributed by atoms with Crippen LogP contribution in [0.3, 0.4) is 0 Å². The van der Waals surface area contributed by atoms with Gasteiger partial charge in [0, 0.05) is 25.3 Å². The maximum atomic E-state index is 12.4. The van der Waals surface area contributed by atoms with Crippen LogP contribution in [0.4, 0.5) is 0 Å². The summed E-state index contributed by atoms with van der Waals surface area (Å²) in [6.45, 7) is 1.37. The van der Waals surface area contributed by atoms with Gasteiger partial charge in [0.15, 0.2) is 0 Å². The van der Waals surface area contributed by atoms with Crippen molar-refractivity contribution in [1.82, 2.24) is 5.32 Å². The van der Waals surface area contributed by atoms with E-state index >= 15 is 0 Å². The van der Waals surface area contributed by atoms with Crippen molar-refractivity contribution in [2.24, 2.45) is 11.8 Å². The number of carboxylic acids is 1. The average Bonchev–Trinajstić information content (AvgIpc) is 2.69. The molecule has 2 aliphatic rings. The Morgan fingerprint density at radius 1 is 1.04 bits per heavy atom. The van der Waals surface area contributed by atoms with Crippen LogP contribution in [-0.4, -0.2) is 36.7 Å². The first-order valence-corrected chi connectivity index (χ1v) is 9.84. The maximum absolute atomic E-state index is 12.4. The van der Waals surface area contributed by atoms with Crippen LogP contribution in [0.1, 0.15) is 66.8 Å². The van der Waals surface area contributed by atoms with Crippen molar-refractivity contribution in [3.05, 3.63) is 35.4 Å². The van der Waals surface area contributed by atoms with Crippen molar-refractivity contribution < 1.29 is 19.4 Å². The fourth-order valence-electron chi connectivity index (χ4n) is 4.22. The van der Waals surface area contributed by atoms with Crippen LogP contribution in [0.25, 0.3) is 0 Å². The third kappa shape index (κ3) is 4.85. The molecule has 1 aliphatic carbocycles. The smallest absolute Gasteiger partial charge is 0.308 e. The molecule has 0 aromatic heterocycles. The summed E-state index contributed by atoms with van der Waals surface area (Å²) in [5.41, 5.74) is 1.91. The highest BCUT2D eigenvalue weighted by Crippen LogP contribution is 2.32. The summed E-state index contributed by atoms with van der Waals surface area (Å²) in [5, 5.41) is 12.3. The topological polar surface area (TPSA) is 75.6 Å². The minimum Gasteiger partial charge on any atom is -0.481 e. The molecule has 1 aliphatic heterocycles. The summed E-state index contributed by atoms with van der Waals surface area (Å²) in [6, 6.07) is 7.84. The van der Waals surface area contributed by atoms with Crippen LogP contribution in [0.15, 0.2) is 24.3 Å². The Morgan fingerprint density at radius 3 is 2.31 bits per heavy atom. The molecule has 1 unspecified atom stereocenters. The first-order valence-electron chi connectivity index (χ1n) is 9.84. The van der Waals surface area contributed by atoms with Gasteiger partial charge in [0.25, 0.3) is 5.91 Å². The first kappa shape index (κ1) is 18.9. The maximum Gasteiger partial charge on any atom is 0.308 e. The van der Waals surface area contributed by atoms with E-state index in [0.29, 0.717) is 24.7 Å². The summed E-state index contributed by atoms with van der Waals surface area (Å²) >= 11 is 0. The monoisotopic (exact) mass is 359 g/mol. The number of aliphatic carboxylic acids is 1. The number of hydrogen-bond donors (Lipinski definition) is 2. The highest BCUT2D eigenvalue weighted by molar-refractivity contribution is 5.94. The number of carboxylic acid groups (broad SMARTS) is 1. The van der Waals surface area contributed by atoms with Crippen LogP contribution in [-0.2, 0) is 9.53 Å². The van der Waals surface area contributed by atoms with Crippen LogP contribution >= 0.6 is 0 Å². The van der Waals surface area contributed by atoms with Crippen LogP contribution < -0.4 is 5.32 Å². The zero-order valence-electron chi connectivity index (χ0n) is 15.3. The molecule has 26 heavy (non-hydrogen) atoms. The van der Waals surface area contributed by atoms with Gasteiger partial charge >= 0.3 is 5.97 Å². The Hall–Kier alpha value is -1.88. The van der Waals surface area contributed by atoms with E-state index in [0.717, 1.165) is 12.8 Å². The number of carbonyl (C=O) groups excluding carboxylic acids is 1. The quantitative estimate of drug-likeness (QED) is 0.814. The Balaban J connectivity index is 1.55. The molecule has 2 fully saturated rings. The molecule has 3 rings (SSSR count). The van der Waals surface area contributed by atoms with E-state index in [1.54, 1.807) is 0 Å². The van der Waals surface area contributed by atoms with Crippen LogP contribution in [0, 0.1) is 11.8 Å². The number of hydrogen-bond acceptors (Lipinski definition) is 3. The minimum absolute atomic E-state index is 0.0650. The Kier molecular flexibility index (Phi) is 6.67. The Labute approximate surface area is 155 Å². The summed E-state index contributed by atoms with van der Waals surface area (Å²) in [4.78, 5) is 24.0. The molecule has 1 saturated carbocycles. The van der Waals surface area contributed by atoms with Crippen LogP contribution in [0.2, 0.25) is 0 Å². The van der Waals surface area contributed by atoms with Gasteiger partial charge in [-0.2, -0.15) is 0 Å². The summed E-state index contributed by atoms with van der Waals surface area (Å²) < 4.78 is 5.31. The van der Waals surface area contributed by atoms with E-state index in [1.165, 1.54) is 37.7 Å². The molecule has 1 aromatic carbocycles. The fourth-order valence-corrected chi connectivity index (χ4v) is 4.22. The van der Waals surface area contributed by atoms with E-state index < -0.39 is 11.9 Å². The number of nitrogens with one attached hydrogen (secondary N) is 1. The zero-order chi connectivity index (χ0) is 18.4. The molecular weight excluding hydrogens is 330 g/mol. The minimum atomic E-state index is -0.843. The van der Waals surface area contributed by atoms with Crippen molar-refractivity contribution >= 4 is 11.9 Å². The Morgan fingerprint density at radius 2 is 1.69 bits per heavy atom. The van der Waals surface area contributed by atoms with Gasteiger partial charge in [-0.3, -0.25) is 9.59 Å². The predicted molar refractivity (Wildman–Crippen MR) is 99.3 cm³/mol. The molecule has 1 amide bonds. The molecule has 5 heteroatoms. The normalized spacial score (nSPS) is 20.5. The van der Waals surface area contributed by atoms with Crippen molar-refractivity contribution in [1.29, 1.82) is 0 Å². The van der Waals surface area contributed by atoms with Crippen molar-refractivity contribution in [3.63, 3.8) is 0 Å². The molecule has 1 atom stereocenters. The van der Waals surface area contributed by atoms with Gasteiger partial charge in [-0.15, -0.1) is 0 Å². The average molecular weight is 359 g/mol. The van der Waals surface area contributed by atoms with Crippen molar-refractivity contribution in [2.75, 3.05) is 19.8 Å². The summed E-state index contributed by atoms with van der Waals surface area (Å²) in [5.74, 6) is -0.909. The highest BCUT2D eigenvalue weighted by atomic mass is 16.5. The second-order valence-corrected chi connectivity index (χ2v) is 7.56. The zero-order valence-corrected chi connectivity index (χ0v) is 15.3. The van der Waals surface area contributed by atoms with E-state index in [4.69, 9.17) is 4.74 Å². The lowest BCUT2D eigenvalue weighted by atomic mass is 9.84. The molecule has 0 radical (unpaired) electrons. The number of carbonyl (C=O) groups is 2. The lowest BCUT2D eigenvalue weighted by Crippen LogP contribution is -2.39. The largest absolute Gasteiger partial charge is 0.481 e. The van der Waals surface area contributed by atoms with Crippen LogP contribution in [0.5, 0.6) is 0 Å². The highest BCUT2D eigenvalue weighted by Gasteiger charge is 2.30. The molecule has 1 saturated heterocycles. The molecule has 1 heterocycles. The Bertz CT molecular complexity index is 601. The van der Waals surface area contributed by atoms with Gasteiger partial charge in [0.2, 0.25) is 0 Å². The van der Waals surface area contributed by atoms with Gasteiger partial charge in [-0.05, 0) is 55.2 Å². The van der Waals surface area contributed by atoms with Crippen molar-refractivity contribution in [3.8, 4) is 0 Å². The fraction of sp³-hybridized carbons (Fsp3) is 0.619. The number of rotatable bonds is 6. The summed E-state index contributed by atoms with van der Waals surface area (Å²) in [7, 11) is 0. The summed E-state index contributed by atoms with van der Waals surface area (Å²) in [6.07, 6.45) is 7.85. The number of benzene rings is 1. The van der Waals surface area contributed by atoms with Gasteiger partial charge in [-0.1, -0.05) is 31.4 Å². The second kappa shape index (κ2) is 9.17. The molecule has 0 spiro atoms. The van der Waals surface area contributed by atoms with E-state index in [-0.39, 0.29) is 18.4 Å². The number of amides is 1. The second-order valence-electron chi connectivity index (χ2n) is 7.56. The van der Waals surface area contributed by atoms with Gasteiger partial charge in [0.1, 0.15) is 0 Å². The molecular formula is C21H29NO4. The standard InChI is InChI=1S/C21H29NO4/c23-20(22-14-19(21(24)25)17-10-12-26-13-11-17)18-8-6-16(7-9-18)15-4-2-1-3-5-15/h6-9,15,17,19H,1-5,10-14H2,(H,22,23)(H,24,25). The SMILES string of the molecule is O=C(NCC(C(=O)O)C1CCOCC1)c1ccc(C2CCCCC2)cc1. The predicted octanol–water partition coefficient (Wildman–Crippen LogP) is 3.59. The third-order valence-corrected chi connectivity index (χ3v) is 5.88. The molecule has 142 valence electrons. The van der Waals surface area contributed by atoms with E-state index in [1.807, 2.05) is 12.1 Å². The molecule has 5 nitrogen and oxygen atoms in total. The van der Waals surface area contributed by atoms with Gasteiger partial charge < -0.3 is 15.2 Å². The van der Waals surface area contributed by atoms with Gasteiger partial charge in [0.05, 0.1) is 5.92 Å². The first-order chi connectivity index (χ1) is 12.6. The lowest BCUT2D eigenvalue weighted by Gasteiger charge is -2.27. The van der Waals surface area contributed by atoms with Crippen molar-refractivity contribution in [2.45, 2.75) is 50.9 Å². The molecule has 0 bridgehead atoms. The van der Waals surface area contributed by atoms with E-state index in [9.17, 15) is 14.7 Å². The van der Waals surface area contributed by atoms with Gasteiger partial charge in [-0.25, -0.2) is 0 Å². The molecule has 2 N–H and O–H groups in total. The lowest BCUT2D eigenvalue weighted by molar-refractivity contribution is -0.144. The van der Waals surface area contributed by atoms with E-state index in [2.05, 4.69) is 17.4 Å². The molecule has 1 aromatic rings. The third-order valence-electron chi connectivity index (χ3n) is 5.88.